The Kier molecular flexibility index (Phi) is 6.40. The van der Waals surface area contributed by atoms with Crippen LogP contribution < -0.4 is 5.32 Å². The van der Waals surface area contributed by atoms with E-state index in [1.54, 1.807) is 0 Å². The van der Waals surface area contributed by atoms with Crippen LogP contribution >= 0.6 is 0 Å². The molecular formula is C20H36N6O. The Bertz CT molecular complexity index is 639. The molecule has 1 unspecified atom stereocenters. The lowest BCUT2D eigenvalue weighted by atomic mass is 9.99. The van der Waals surface area contributed by atoms with Crippen LogP contribution in [0.1, 0.15) is 58.6 Å². The number of hydrogen-bond acceptors (Lipinski definition) is 4. The third-order valence-electron chi connectivity index (χ3n) is 5.33. The predicted octanol–water partition coefficient (Wildman–Crippen LogP) is 2.39. The van der Waals surface area contributed by atoms with Crippen molar-refractivity contribution in [3.8, 4) is 0 Å². The van der Waals surface area contributed by atoms with E-state index in [2.05, 4.69) is 52.7 Å². The van der Waals surface area contributed by atoms with Gasteiger partial charge in [0.2, 0.25) is 0 Å². The molecule has 2 aliphatic heterocycles. The highest BCUT2D eigenvalue weighted by molar-refractivity contribution is 5.80. The summed E-state index contributed by atoms with van der Waals surface area (Å²) in [6.45, 7) is 15.3. The molecule has 0 bridgehead atoms. The predicted molar refractivity (Wildman–Crippen MR) is 108 cm³/mol. The van der Waals surface area contributed by atoms with E-state index in [0.29, 0.717) is 12.0 Å². The number of nitrogens with one attached hydrogen (secondary N) is 1. The van der Waals surface area contributed by atoms with Crippen LogP contribution in [0.25, 0.3) is 0 Å². The molecule has 3 rings (SSSR count). The summed E-state index contributed by atoms with van der Waals surface area (Å²) in [7, 11) is 0. The average molecular weight is 377 g/mol. The highest BCUT2D eigenvalue weighted by atomic mass is 16.5. The zero-order valence-electron chi connectivity index (χ0n) is 17.7. The van der Waals surface area contributed by atoms with E-state index in [0.717, 1.165) is 76.0 Å². The van der Waals surface area contributed by atoms with Crippen LogP contribution in [0.3, 0.4) is 0 Å². The van der Waals surface area contributed by atoms with Gasteiger partial charge in [-0.3, -0.25) is 4.99 Å². The van der Waals surface area contributed by atoms with Gasteiger partial charge >= 0.3 is 0 Å². The minimum atomic E-state index is -0.0639. The number of piperidine rings is 1. The fourth-order valence-electron chi connectivity index (χ4n) is 4.01. The lowest BCUT2D eigenvalue weighted by molar-refractivity contribution is -0.0772. The molecule has 0 aliphatic carbocycles. The first-order valence-electron chi connectivity index (χ1n) is 10.5. The summed E-state index contributed by atoms with van der Waals surface area (Å²) in [5.74, 6) is 3.76. The second-order valence-corrected chi connectivity index (χ2v) is 8.79. The van der Waals surface area contributed by atoms with Gasteiger partial charge in [-0.15, -0.1) is 10.2 Å². The second-order valence-electron chi connectivity index (χ2n) is 8.79. The van der Waals surface area contributed by atoms with Gasteiger partial charge in [-0.25, -0.2) is 0 Å². The molecule has 0 saturated carbocycles. The number of aromatic nitrogens is 3. The van der Waals surface area contributed by atoms with Crippen molar-refractivity contribution in [2.24, 2.45) is 10.9 Å². The van der Waals surface area contributed by atoms with Gasteiger partial charge in [-0.05, 0) is 59.8 Å². The fraction of sp³-hybridized carbons (Fsp3) is 0.850. The van der Waals surface area contributed by atoms with Crippen LogP contribution in [-0.4, -0.2) is 63.5 Å². The molecule has 3 heterocycles. The highest BCUT2D eigenvalue weighted by Gasteiger charge is 2.26. The number of hydrogen-bond donors (Lipinski definition) is 1. The van der Waals surface area contributed by atoms with Crippen LogP contribution in [0.2, 0.25) is 0 Å². The Morgan fingerprint density at radius 1 is 1.22 bits per heavy atom. The molecule has 0 spiro atoms. The topological polar surface area (TPSA) is 67.6 Å². The molecule has 1 aromatic rings. The molecule has 1 atom stereocenters. The number of fused-ring (bicyclic) bond motifs is 1. The summed E-state index contributed by atoms with van der Waals surface area (Å²) in [6.07, 6.45) is 4.64. The maximum Gasteiger partial charge on any atom is 0.193 e. The normalized spacial score (nSPS) is 22.0. The Morgan fingerprint density at radius 3 is 2.63 bits per heavy atom. The minimum absolute atomic E-state index is 0.0639. The van der Waals surface area contributed by atoms with E-state index in [9.17, 15) is 0 Å². The van der Waals surface area contributed by atoms with E-state index in [4.69, 9.17) is 9.73 Å². The maximum absolute atomic E-state index is 6.16. The summed E-state index contributed by atoms with van der Waals surface area (Å²) >= 11 is 0. The first-order chi connectivity index (χ1) is 12.9. The molecule has 152 valence electrons. The van der Waals surface area contributed by atoms with Gasteiger partial charge in [0.1, 0.15) is 11.6 Å². The van der Waals surface area contributed by atoms with Crippen LogP contribution in [0, 0.1) is 12.8 Å². The number of rotatable bonds is 4. The number of nitrogens with zero attached hydrogens (tertiary/aromatic N) is 5. The van der Waals surface area contributed by atoms with Crippen molar-refractivity contribution in [3.05, 3.63) is 11.6 Å². The number of aliphatic imine (C=N–C) groups is 1. The highest BCUT2D eigenvalue weighted by Crippen LogP contribution is 2.22. The third kappa shape index (κ3) is 5.43. The van der Waals surface area contributed by atoms with Crippen molar-refractivity contribution < 1.29 is 4.74 Å². The Morgan fingerprint density at radius 2 is 1.96 bits per heavy atom. The molecule has 1 aromatic heterocycles. The summed E-state index contributed by atoms with van der Waals surface area (Å²) in [5, 5.41) is 12.0. The summed E-state index contributed by atoms with van der Waals surface area (Å²) < 4.78 is 8.41. The lowest BCUT2D eigenvalue weighted by Gasteiger charge is -2.37. The smallest absolute Gasteiger partial charge is 0.193 e. The van der Waals surface area contributed by atoms with Gasteiger partial charge in [0, 0.05) is 39.1 Å². The van der Waals surface area contributed by atoms with Crippen molar-refractivity contribution in [1.29, 1.82) is 0 Å². The van der Waals surface area contributed by atoms with E-state index < -0.39 is 0 Å². The Balaban J connectivity index is 1.55. The van der Waals surface area contributed by atoms with E-state index in [-0.39, 0.29) is 5.60 Å². The SMILES string of the molecule is CCNC(=NCC1CCc2nnc(C)n2C1)N1CCC(OC(C)(C)C)CC1. The van der Waals surface area contributed by atoms with Crippen LogP contribution in [-0.2, 0) is 17.7 Å². The van der Waals surface area contributed by atoms with Gasteiger partial charge in [-0.1, -0.05) is 0 Å². The third-order valence-corrected chi connectivity index (χ3v) is 5.33. The van der Waals surface area contributed by atoms with Crippen molar-refractivity contribution in [3.63, 3.8) is 0 Å². The van der Waals surface area contributed by atoms with Crippen molar-refractivity contribution in [2.45, 2.75) is 78.6 Å². The largest absolute Gasteiger partial charge is 0.372 e. The molecule has 7 nitrogen and oxygen atoms in total. The van der Waals surface area contributed by atoms with Crippen molar-refractivity contribution in [2.75, 3.05) is 26.2 Å². The van der Waals surface area contributed by atoms with Crippen LogP contribution in [0.4, 0.5) is 0 Å². The minimum Gasteiger partial charge on any atom is -0.372 e. The molecule has 1 fully saturated rings. The second kappa shape index (κ2) is 8.59. The number of likely N-dealkylation sites (tertiary alicyclic amines) is 1. The average Bonchev–Trinajstić information content (AvgIpc) is 2.99. The van der Waals surface area contributed by atoms with Crippen LogP contribution in [0.5, 0.6) is 0 Å². The number of ether oxygens (including phenoxy) is 1. The van der Waals surface area contributed by atoms with Gasteiger partial charge < -0.3 is 19.5 Å². The molecule has 0 radical (unpaired) electrons. The van der Waals surface area contributed by atoms with E-state index in [1.807, 2.05) is 6.92 Å². The molecule has 0 aromatic carbocycles. The number of guanidine groups is 1. The molecule has 27 heavy (non-hydrogen) atoms. The van der Waals surface area contributed by atoms with Crippen LogP contribution in [0.15, 0.2) is 4.99 Å². The zero-order valence-corrected chi connectivity index (χ0v) is 17.7. The first kappa shape index (κ1) is 20.1. The van der Waals surface area contributed by atoms with Gasteiger partial charge in [-0.2, -0.15) is 0 Å². The Labute approximate surface area is 163 Å². The van der Waals surface area contributed by atoms with Gasteiger partial charge in [0.15, 0.2) is 5.96 Å². The molecule has 1 saturated heterocycles. The zero-order chi connectivity index (χ0) is 19.4. The molecular weight excluding hydrogens is 340 g/mol. The molecule has 2 aliphatic rings. The molecule has 1 N–H and O–H groups in total. The van der Waals surface area contributed by atoms with Gasteiger partial charge in [0.25, 0.3) is 0 Å². The maximum atomic E-state index is 6.16. The van der Waals surface area contributed by atoms with E-state index in [1.165, 1.54) is 0 Å². The van der Waals surface area contributed by atoms with Crippen molar-refractivity contribution in [1.82, 2.24) is 25.0 Å². The molecule has 0 amide bonds. The van der Waals surface area contributed by atoms with E-state index >= 15 is 0 Å². The summed E-state index contributed by atoms with van der Waals surface area (Å²) in [6, 6.07) is 0. The van der Waals surface area contributed by atoms with Gasteiger partial charge in [0.05, 0.1) is 11.7 Å². The standard InChI is InChI=1S/C20H36N6O/c1-6-21-19(25-11-9-17(10-12-25)27-20(3,4)5)22-13-16-7-8-18-24-23-15(2)26(18)14-16/h16-17H,6-14H2,1-5H3,(H,21,22). The number of aryl methyl sites for hydroxylation is 2. The summed E-state index contributed by atoms with van der Waals surface area (Å²) in [4.78, 5) is 7.38. The van der Waals surface area contributed by atoms with Crippen molar-refractivity contribution >= 4 is 5.96 Å². The molecule has 7 heteroatoms. The summed E-state index contributed by atoms with van der Waals surface area (Å²) in [5.41, 5.74) is -0.0639. The Hall–Kier alpha value is -1.63. The quantitative estimate of drug-likeness (QED) is 0.646. The monoisotopic (exact) mass is 376 g/mol. The lowest BCUT2D eigenvalue weighted by Crippen LogP contribution is -2.48. The fourth-order valence-corrected chi connectivity index (χ4v) is 4.01. The first-order valence-corrected chi connectivity index (χ1v) is 10.5.